The standard InChI is InChI=1S/C29H34N4O3/c1-36-25-12-9-21(10-13-25)15-26(32-27(34)14-11-24-17-30-20-31-24)28(35)33-18-29(19-33,16-22-7-8-22)23-5-3-2-4-6-23/h2-6,9-10,12-13,17,20,22,26H,7-8,11,14-16,18-19H2,1H3,(H,30,31)(H,32,34). The molecule has 3 aromatic rings. The van der Waals surface area contributed by atoms with Crippen molar-refractivity contribution in [2.75, 3.05) is 20.2 Å². The first-order valence-electron chi connectivity index (χ1n) is 12.8. The summed E-state index contributed by atoms with van der Waals surface area (Å²) >= 11 is 0. The average Bonchev–Trinajstić information content (AvgIpc) is 3.55. The number of benzene rings is 2. The van der Waals surface area contributed by atoms with Crippen molar-refractivity contribution in [1.29, 1.82) is 0 Å². The van der Waals surface area contributed by atoms with Crippen LogP contribution in [0, 0.1) is 5.92 Å². The Bertz CT molecular complexity index is 1150. The van der Waals surface area contributed by atoms with Gasteiger partial charge in [0, 0.05) is 43.2 Å². The summed E-state index contributed by atoms with van der Waals surface area (Å²) < 4.78 is 5.27. The van der Waals surface area contributed by atoms with Crippen molar-refractivity contribution in [1.82, 2.24) is 20.2 Å². The number of imidazole rings is 1. The summed E-state index contributed by atoms with van der Waals surface area (Å²) in [4.78, 5) is 35.5. The number of methoxy groups -OCH3 is 1. The van der Waals surface area contributed by atoms with Crippen molar-refractivity contribution in [3.05, 3.63) is 83.9 Å². The van der Waals surface area contributed by atoms with E-state index in [0.29, 0.717) is 32.4 Å². The summed E-state index contributed by atoms with van der Waals surface area (Å²) in [7, 11) is 1.63. The summed E-state index contributed by atoms with van der Waals surface area (Å²) in [5, 5.41) is 3.03. The Morgan fingerprint density at radius 2 is 1.89 bits per heavy atom. The number of hydrogen-bond donors (Lipinski definition) is 2. The number of aromatic nitrogens is 2. The second-order valence-electron chi connectivity index (χ2n) is 10.2. The van der Waals surface area contributed by atoms with E-state index >= 15 is 0 Å². The zero-order valence-corrected chi connectivity index (χ0v) is 20.8. The minimum Gasteiger partial charge on any atom is -0.497 e. The van der Waals surface area contributed by atoms with E-state index in [-0.39, 0.29) is 17.2 Å². The smallest absolute Gasteiger partial charge is 0.245 e. The number of hydrogen-bond acceptors (Lipinski definition) is 4. The van der Waals surface area contributed by atoms with E-state index in [0.717, 1.165) is 29.3 Å². The fourth-order valence-corrected chi connectivity index (χ4v) is 5.29. The Hall–Kier alpha value is -3.61. The van der Waals surface area contributed by atoms with Crippen molar-refractivity contribution in [2.24, 2.45) is 5.92 Å². The number of rotatable bonds is 11. The third kappa shape index (κ3) is 5.61. The van der Waals surface area contributed by atoms with Gasteiger partial charge in [0.2, 0.25) is 11.8 Å². The van der Waals surface area contributed by atoms with Gasteiger partial charge in [-0.25, -0.2) is 4.98 Å². The van der Waals surface area contributed by atoms with Gasteiger partial charge < -0.3 is 19.9 Å². The number of nitrogens with one attached hydrogen (secondary N) is 2. The molecule has 2 fully saturated rings. The number of nitrogens with zero attached hydrogens (tertiary/aromatic N) is 2. The number of aryl methyl sites for hydroxylation is 1. The maximum absolute atomic E-state index is 13.7. The third-order valence-electron chi connectivity index (χ3n) is 7.47. The molecule has 1 saturated carbocycles. The van der Waals surface area contributed by atoms with E-state index < -0.39 is 6.04 Å². The van der Waals surface area contributed by atoms with Crippen LogP contribution < -0.4 is 10.1 Å². The molecular weight excluding hydrogens is 452 g/mol. The maximum atomic E-state index is 13.7. The predicted molar refractivity (Wildman–Crippen MR) is 138 cm³/mol. The van der Waals surface area contributed by atoms with Gasteiger partial charge in [0.1, 0.15) is 11.8 Å². The first-order chi connectivity index (χ1) is 17.5. The van der Waals surface area contributed by atoms with E-state index in [4.69, 9.17) is 4.74 Å². The highest BCUT2D eigenvalue weighted by molar-refractivity contribution is 5.88. The van der Waals surface area contributed by atoms with Crippen molar-refractivity contribution in [3.8, 4) is 5.75 Å². The molecule has 2 aliphatic rings. The molecular formula is C29H34N4O3. The maximum Gasteiger partial charge on any atom is 0.245 e. The average molecular weight is 487 g/mol. The second kappa shape index (κ2) is 10.6. The first kappa shape index (κ1) is 24.1. The molecule has 36 heavy (non-hydrogen) atoms. The number of aromatic amines is 1. The minimum atomic E-state index is -0.609. The lowest BCUT2D eigenvalue weighted by Crippen LogP contribution is -2.65. The SMILES string of the molecule is COc1ccc(CC(NC(=O)CCc2cnc[nH]2)C(=O)N2CC(CC3CC3)(c3ccccc3)C2)cc1. The topological polar surface area (TPSA) is 87.3 Å². The van der Waals surface area contributed by atoms with Gasteiger partial charge in [-0.2, -0.15) is 0 Å². The summed E-state index contributed by atoms with van der Waals surface area (Å²) in [6, 6.07) is 17.7. The zero-order chi connectivity index (χ0) is 25.0. The third-order valence-corrected chi connectivity index (χ3v) is 7.47. The Balaban J connectivity index is 1.28. The fourth-order valence-electron chi connectivity index (χ4n) is 5.29. The monoisotopic (exact) mass is 486 g/mol. The van der Waals surface area contributed by atoms with Crippen LogP contribution in [0.5, 0.6) is 5.75 Å². The Kier molecular flexibility index (Phi) is 7.07. The van der Waals surface area contributed by atoms with Crippen molar-refractivity contribution in [2.45, 2.75) is 50.0 Å². The highest BCUT2D eigenvalue weighted by Crippen LogP contribution is 2.47. The van der Waals surface area contributed by atoms with Crippen LogP contribution in [-0.4, -0.2) is 52.9 Å². The molecule has 2 amide bonds. The largest absolute Gasteiger partial charge is 0.497 e. The number of carbonyl (C=O) groups is 2. The van der Waals surface area contributed by atoms with Crippen LogP contribution in [-0.2, 0) is 27.8 Å². The Morgan fingerprint density at radius 1 is 1.14 bits per heavy atom. The Morgan fingerprint density at radius 3 is 2.53 bits per heavy atom. The molecule has 1 unspecified atom stereocenters. The van der Waals surface area contributed by atoms with Gasteiger partial charge in [0.05, 0.1) is 13.4 Å². The normalized spacial score (nSPS) is 17.2. The van der Waals surface area contributed by atoms with Gasteiger partial charge in [-0.05, 0) is 42.0 Å². The van der Waals surface area contributed by atoms with Gasteiger partial charge in [-0.15, -0.1) is 0 Å². The molecule has 1 aliphatic carbocycles. The predicted octanol–water partition coefficient (Wildman–Crippen LogP) is 3.66. The quantitative estimate of drug-likeness (QED) is 0.433. The van der Waals surface area contributed by atoms with Gasteiger partial charge in [0.25, 0.3) is 0 Å². The summed E-state index contributed by atoms with van der Waals surface area (Å²) in [5.74, 6) is 1.38. The van der Waals surface area contributed by atoms with E-state index in [1.807, 2.05) is 35.2 Å². The summed E-state index contributed by atoms with van der Waals surface area (Å²) in [6.45, 7) is 1.41. The first-order valence-corrected chi connectivity index (χ1v) is 12.8. The molecule has 1 saturated heterocycles. The van der Waals surface area contributed by atoms with Crippen LogP contribution in [0.4, 0.5) is 0 Å². The second-order valence-corrected chi connectivity index (χ2v) is 10.2. The lowest BCUT2D eigenvalue weighted by Gasteiger charge is -2.52. The lowest BCUT2D eigenvalue weighted by molar-refractivity contribution is -0.143. The molecule has 2 aromatic carbocycles. The molecule has 5 rings (SSSR count). The fraction of sp³-hybridized carbons (Fsp3) is 0.414. The molecule has 0 radical (unpaired) electrons. The summed E-state index contributed by atoms with van der Waals surface area (Å²) in [5.41, 5.74) is 3.22. The molecule has 0 spiro atoms. The van der Waals surface area contributed by atoms with Crippen LogP contribution in [0.2, 0.25) is 0 Å². The van der Waals surface area contributed by atoms with Crippen molar-refractivity contribution >= 4 is 11.8 Å². The highest BCUT2D eigenvalue weighted by atomic mass is 16.5. The molecule has 1 aliphatic heterocycles. The minimum absolute atomic E-state index is 0.0111. The van der Waals surface area contributed by atoms with Crippen LogP contribution in [0.15, 0.2) is 67.1 Å². The van der Waals surface area contributed by atoms with E-state index in [9.17, 15) is 9.59 Å². The van der Waals surface area contributed by atoms with Gasteiger partial charge in [0.15, 0.2) is 0 Å². The highest BCUT2D eigenvalue weighted by Gasteiger charge is 2.49. The van der Waals surface area contributed by atoms with Gasteiger partial charge in [-0.1, -0.05) is 55.3 Å². The van der Waals surface area contributed by atoms with Gasteiger partial charge in [-0.3, -0.25) is 9.59 Å². The molecule has 1 atom stereocenters. The van der Waals surface area contributed by atoms with E-state index in [1.165, 1.54) is 18.4 Å². The molecule has 188 valence electrons. The molecule has 7 heteroatoms. The number of H-pyrrole nitrogens is 1. The van der Waals surface area contributed by atoms with Crippen molar-refractivity contribution in [3.63, 3.8) is 0 Å². The van der Waals surface area contributed by atoms with E-state index in [2.05, 4.69) is 39.6 Å². The Labute approximate surface area is 212 Å². The van der Waals surface area contributed by atoms with Gasteiger partial charge >= 0.3 is 0 Å². The number of likely N-dealkylation sites (tertiary alicyclic amines) is 1. The summed E-state index contributed by atoms with van der Waals surface area (Å²) in [6.07, 6.45) is 8.31. The van der Waals surface area contributed by atoms with E-state index in [1.54, 1.807) is 19.6 Å². The molecule has 0 bridgehead atoms. The number of ether oxygens (including phenoxy) is 1. The van der Waals surface area contributed by atoms with Crippen molar-refractivity contribution < 1.29 is 14.3 Å². The van der Waals surface area contributed by atoms with Crippen LogP contribution in [0.3, 0.4) is 0 Å². The molecule has 2 heterocycles. The zero-order valence-electron chi connectivity index (χ0n) is 20.8. The van der Waals surface area contributed by atoms with Crippen LogP contribution in [0.1, 0.15) is 42.5 Å². The van der Waals surface area contributed by atoms with Crippen LogP contribution in [0.25, 0.3) is 0 Å². The van der Waals surface area contributed by atoms with Crippen LogP contribution >= 0.6 is 0 Å². The molecule has 1 aromatic heterocycles. The number of carbonyl (C=O) groups excluding carboxylic acids is 2. The lowest BCUT2D eigenvalue weighted by atomic mass is 9.69. The number of amides is 2. The molecule has 2 N–H and O–H groups in total. The molecule has 7 nitrogen and oxygen atoms in total.